The van der Waals surface area contributed by atoms with Gasteiger partial charge in [-0.3, -0.25) is 4.79 Å². The number of hydrogen-bond acceptors (Lipinski definition) is 4. The second-order valence-corrected chi connectivity index (χ2v) is 7.23. The molecule has 1 N–H and O–H groups in total. The Kier molecular flexibility index (Phi) is 6.08. The van der Waals surface area contributed by atoms with Crippen molar-refractivity contribution < 1.29 is 13.2 Å². The summed E-state index contributed by atoms with van der Waals surface area (Å²) in [5.41, 5.74) is 0. The minimum Gasteiger partial charge on any atom is -0.339 e. The summed E-state index contributed by atoms with van der Waals surface area (Å²) in [4.78, 5) is 13.7. The van der Waals surface area contributed by atoms with Gasteiger partial charge < -0.3 is 10.2 Å². The van der Waals surface area contributed by atoms with Crippen molar-refractivity contribution in [1.29, 1.82) is 0 Å². The van der Waals surface area contributed by atoms with Crippen LogP contribution in [0.5, 0.6) is 0 Å². The smallest absolute Gasteiger partial charge is 0.240 e. The summed E-state index contributed by atoms with van der Waals surface area (Å²) in [5, 5.41) is 2.25. The van der Waals surface area contributed by atoms with Gasteiger partial charge in [-0.1, -0.05) is 19.8 Å². The van der Waals surface area contributed by atoms with Crippen LogP contribution in [0.2, 0.25) is 0 Å². The number of unbranched alkanes of at least 4 members (excludes halogenated alkanes) is 2. The highest BCUT2D eigenvalue weighted by Crippen LogP contribution is 2.10. The van der Waals surface area contributed by atoms with E-state index in [1.54, 1.807) is 4.90 Å². The van der Waals surface area contributed by atoms with Crippen molar-refractivity contribution in [3.8, 4) is 0 Å². The Labute approximate surface area is 110 Å². The Morgan fingerprint density at radius 1 is 1.28 bits per heavy atom. The Morgan fingerprint density at radius 3 is 2.44 bits per heavy atom. The van der Waals surface area contributed by atoms with Gasteiger partial charge in [-0.15, -0.1) is 0 Å². The molecule has 1 amide bonds. The largest absolute Gasteiger partial charge is 0.339 e. The van der Waals surface area contributed by atoms with Crippen molar-refractivity contribution in [2.24, 2.45) is 0 Å². The quantitative estimate of drug-likeness (QED) is 0.714. The molecule has 1 aliphatic heterocycles. The lowest BCUT2D eigenvalue weighted by Crippen LogP contribution is -2.50. The van der Waals surface area contributed by atoms with Crippen LogP contribution >= 0.6 is 0 Å². The van der Waals surface area contributed by atoms with Gasteiger partial charge in [0.2, 0.25) is 5.91 Å². The molecule has 6 heteroatoms. The predicted octanol–water partition coefficient (Wildman–Crippen LogP) is 0.412. The molecule has 1 unspecified atom stereocenters. The summed E-state index contributed by atoms with van der Waals surface area (Å²) < 4.78 is 24.1. The summed E-state index contributed by atoms with van der Waals surface area (Å²) in [6, 6.07) is 0. The third-order valence-electron chi connectivity index (χ3n) is 3.35. The van der Waals surface area contributed by atoms with Crippen molar-refractivity contribution in [1.82, 2.24) is 10.2 Å². The van der Waals surface area contributed by atoms with Gasteiger partial charge in [0.15, 0.2) is 9.84 Å². The van der Waals surface area contributed by atoms with Crippen LogP contribution in [0, 0.1) is 0 Å². The molecule has 0 radical (unpaired) electrons. The second kappa shape index (κ2) is 7.09. The van der Waals surface area contributed by atoms with Crippen molar-refractivity contribution >= 4 is 15.7 Å². The van der Waals surface area contributed by atoms with Gasteiger partial charge in [0, 0.05) is 26.2 Å². The SMILES string of the molecule is CCCCCS(=O)(=O)C(C)C(=O)N1CCNCC1. The van der Waals surface area contributed by atoms with E-state index in [2.05, 4.69) is 5.32 Å². The number of hydrogen-bond donors (Lipinski definition) is 1. The summed E-state index contributed by atoms with van der Waals surface area (Å²) >= 11 is 0. The van der Waals surface area contributed by atoms with Crippen LogP contribution in [0.1, 0.15) is 33.1 Å². The molecule has 1 saturated heterocycles. The van der Waals surface area contributed by atoms with Gasteiger partial charge in [-0.2, -0.15) is 0 Å². The first-order valence-corrected chi connectivity index (χ1v) is 8.41. The van der Waals surface area contributed by atoms with E-state index in [1.165, 1.54) is 6.92 Å². The highest BCUT2D eigenvalue weighted by Gasteiger charge is 2.31. The van der Waals surface area contributed by atoms with E-state index < -0.39 is 15.1 Å². The lowest BCUT2D eigenvalue weighted by molar-refractivity contribution is -0.131. The minimum absolute atomic E-state index is 0.125. The van der Waals surface area contributed by atoms with Gasteiger partial charge in [-0.05, 0) is 13.3 Å². The zero-order valence-electron chi connectivity index (χ0n) is 11.3. The number of sulfone groups is 1. The molecular formula is C12H24N2O3S. The zero-order chi connectivity index (χ0) is 13.6. The number of nitrogens with zero attached hydrogens (tertiary/aromatic N) is 1. The molecule has 0 saturated carbocycles. The van der Waals surface area contributed by atoms with Crippen molar-refractivity contribution in [3.63, 3.8) is 0 Å². The average Bonchev–Trinajstić information content (AvgIpc) is 2.38. The Balaban J connectivity index is 2.55. The number of rotatable bonds is 6. The molecule has 18 heavy (non-hydrogen) atoms. The van der Waals surface area contributed by atoms with Crippen LogP contribution in [-0.4, -0.2) is 56.4 Å². The van der Waals surface area contributed by atoms with Crippen molar-refractivity contribution in [2.75, 3.05) is 31.9 Å². The maximum Gasteiger partial charge on any atom is 0.240 e. The number of amides is 1. The lowest BCUT2D eigenvalue weighted by atomic mass is 10.3. The van der Waals surface area contributed by atoms with Crippen LogP contribution in [0.4, 0.5) is 0 Å². The van der Waals surface area contributed by atoms with Crippen LogP contribution in [0.3, 0.4) is 0 Å². The fourth-order valence-electron chi connectivity index (χ4n) is 2.03. The first kappa shape index (κ1) is 15.4. The topological polar surface area (TPSA) is 66.5 Å². The Hall–Kier alpha value is -0.620. The van der Waals surface area contributed by atoms with E-state index in [1.807, 2.05) is 6.92 Å². The molecule has 0 aromatic carbocycles. The molecule has 1 heterocycles. The van der Waals surface area contributed by atoms with Gasteiger partial charge >= 0.3 is 0 Å². The fourth-order valence-corrected chi connectivity index (χ4v) is 3.44. The van der Waals surface area contributed by atoms with E-state index in [4.69, 9.17) is 0 Å². The normalized spacial score (nSPS) is 18.7. The van der Waals surface area contributed by atoms with E-state index in [-0.39, 0.29) is 11.7 Å². The molecule has 1 atom stereocenters. The predicted molar refractivity (Wildman–Crippen MR) is 72.2 cm³/mol. The molecule has 0 aromatic rings. The first-order chi connectivity index (χ1) is 8.49. The van der Waals surface area contributed by atoms with Crippen molar-refractivity contribution in [3.05, 3.63) is 0 Å². The van der Waals surface area contributed by atoms with E-state index >= 15 is 0 Å². The van der Waals surface area contributed by atoms with E-state index in [9.17, 15) is 13.2 Å². The van der Waals surface area contributed by atoms with Gasteiger partial charge in [0.1, 0.15) is 5.25 Å². The maximum absolute atomic E-state index is 12.1. The third-order valence-corrected chi connectivity index (χ3v) is 5.48. The molecular weight excluding hydrogens is 252 g/mol. The molecule has 0 aromatic heterocycles. The van der Waals surface area contributed by atoms with Gasteiger partial charge in [0.25, 0.3) is 0 Å². The van der Waals surface area contributed by atoms with Crippen LogP contribution < -0.4 is 5.32 Å². The number of carbonyl (C=O) groups excluding carboxylic acids is 1. The van der Waals surface area contributed by atoms with Crippen LogP contribution in [0.25, 0.3) is 0 Å². The Morgan fingerprint density at radius 2 is 1.89 bits per heavy atom. The first-order valence-electron chi connectivity index (χ1n) is 6.70. The fraction of sp³-hybridized carbons (Fsp3) is 0.917. The average molecular weight is 276 g/mol. The lowest BCUT2D eigenvalue weighted by Gasteiger charge is -2.29. The molecule has 1 fully saturated rings. The molecule has 1 rings (SSSR count). The highest BCUT2D eigenvalue weighted by molar-refractivity contribution is 7.92. The molecule has 1 aliphatic rings. The van der Waals surface area contributed by atoms with Crippen LogP contribution in [-0.2, 0) is 14.6 Å². The molecule has 0 bridgehead atoms. The van der Waals surface area contributed by atoms with Gasteiger partial charge in [-0.25, -0.2) is 8.42 Å². The molecule has 106 valence electrons. The molecule has 0 spiro atoms. The Bertz CT molecular complexity index is 362. The molecule has 0 aliphatic carbocycles. The van der Waals surface area contributed by atoms with Crippen LogP contribution in [0.15, 0.2) is 0 Å². The zero-order valence-corrected chi connectivity index (χ0v) is 12.1. The van der Waals surface area contributed by atoms with E-state index in [0.29, 0.717) is 19.5 Å². The van der Waals surface area contributed by atoms with Gasteiger partial charge in [0.05, 0.1) is 5.75 Å². The minimum atomic E-state index is -3.29. The third kappa shape index (κ3) is 4.24. The highest BCUT2D eigenvalue weighted by atomic mass is 32.2. The summed E-state index contributed by atoms with van der Waals surface area (Å²) in [6.07, 6.45) is 2.53. The number of nitrogens with one attached hydrogen (secondary N) is 1. The summed E-state index contributed by atoms with van der Waals surface area (Å²) in [5.74, 6) is -0.118. The number of piperazine rings is 1. The standard InChI is InChI=1S/C12H24N2O3S/c1-3-4-5-10-18(16,17)11(2)12(15)14-8-6-13-7-9-14/h11,13H,3-10H2,1-2H3. The van der Waals surface area contributed by atoms with E-state index in [0.717, 1.165) is 25.9 Å². The monoisotopic (exact) mass is 276 g/mol. The second-order valence-electron chi connectivity index (χ2n) is 4.79. The molecule has 5 nitrogen and oxygen atoms in total. The van der Waals surface area contributed by atoms with Crippen molar-refractivity contribution in [2.45, 2.75) is 38.4 Å². The summed E-state index contributed by atoms with van der Waals surface area (Å²) in [6.45, 7) is 6.25. The summed E-state index contributed by atoms with van der Waals surface area (Å²) in [7, 11) is -3.29. The number of carbonyl (C=O) groups is 1. The maximum atomic E-state index is 12.1.